The molecular weight excluding hydrogens is 438 g/mol. The minimum absolute atomic E-state index is 0.0975. The maximum absolute atomic E-state index is 15.2. The number of benzene rings is 1. The largest absolute Gasteiger partial charge is 0.467 e. The Balaban J connectivity index is 1.37. The molecule has 3 heterocycles. The molecule has 1 aliphatic heterocycles. The molecule has 1 aliphatic carbocycles. The molecule has 2 fully saturated rings. The highest BCUT2D eigenvalue weighted by molar-refractivity contribution is 6.45. The van der Waals surface area contributed by atoms with E-state index in [2.05, 4.69) is 15.2 Å². The molecule has 5 rings (SSSR count). The van der Waals surface area contributed by atoms with Gasteiger partial charge < -0.3 is 28.8 Å². The van der Waals surface area contributed by atoms with Gasteiger partial charge in [-0.15, -0.1) is 10.2 Å². The Morgan fingerprint density at radius 2 is 2.12 bits per heavy atom. The third-order valence-electron chi connectivity index (χ3n) is 6.91. The topological polar surface area (TPSA) is 88.8 Å². The van der Waals surface area contributed by atoms with Crippen LogP contribution in [0.1, 0.15) is 6.42 Å². The van der Waals surface area contributed by atoms with Crippen LogP contribution in [0.3, 0.4) is 0 Å². The summed E-state index contributed by atoms with van der Waals surface area (Å²) in [5.74, 6) is 1.37. The van der Waals surface area contributed by atoms with Crippen LogP contribution in [0.25, 0.3) is 16.9 Å². The van der Waals surface area contributed by atoms with Crippen LogP contribution in [-0.4, -0.2) is 82.4 Å². The van der Waals surface area contributed by atoms with Gasteiger partial charge in [0.05, 0.1) is 23.8 Å². The van der Waals surface area contributed by atoms with Crippen LogP contribution in [0.2, 0.25) is 6.82 Å². The highest BCUT2D eigenvalue weighted by Gasteiger charge is 2.55. The molecule has 178 valence electrons. The van der Waals surface area contributed by atoms with Gasteiger partial charge in [-0.2, -0.15) is 0 Å². The minimum Gasteiger partial charge on any atom is -0.467 e. The molecule has 2 aliphatic rings. The van der Waals surface area contributed by atoms with E-state index in [1.165, 1.54) is 0 Å². The van der Waals surface area contributed by atoms with Crippen molar-refractivity contribution in [2.24, 2.45) is 5.92 Å². The monoisotopic (exact) mass is 466 g/mol. The lowest BCUT2D eigenvalue weighted by molar-refractivity contribution is 0.0515. The first kappa shape index (κ1) is 22.8. The fraction of sp³-hybridized carbons (Fsp3) is 0.435. The normalized spacial score (nSPS) is 23.9. The number of hydrogen-bond acceptors (Lipinski definition) is 8. The van der Waals surface area contributed by atoms with Crippen LogP contribution in [0.4, 0.5) is 10.2 Å². The van der Waals surface area contributed by atoms with Gasteiger partial charge in [-0.1, -0.05) is 0 Å². The van der Waals surface area contributed by atoms with Crippen LogP contribution in [0, 0.1) is 5.92 Å². The fourth-order valence-electron chi connectivity index (χ4n) is 5.28. The average molecular weight is 466 g/mol. The van der Waals surface area contributed by atoms with Crippen LogP contribution in [-0.2, 0) is 4.74 Å². The van der Waals surface area contributed by atoms with Crippen LogP contribution in [0.5, 0.6) is 5.75 Å². The molecule has 2 bridgehead atoms. The highest BCUT2D eigenvalue weighted by atomic mass is 19.1. The van der Waals surface area contributed by atoms with Gasteiger partial charge in [-0.05, 0) is 50.0 Å². The Morgan fingerprint density at radius 1 is 1.26 bits per heavy atom. The number of halogens is 1. The second-order valence-corrected chi connectivity index (χ2v) is 8.92. The smallest absolute Gasteiger partial charge is 0.376 e. The van der Waals surface area contributed by atoms with Gasteiger partial charge >= 0.3 is 7.05 Å². The number of fused-ring (bicyclic) bond motifs is 2. The molecule has 1 saturated carbocycles. The number of ether oxygens (including phenoxy) is 2. The van der Waals surface area contributed by atoms with E-state index in [1.807, 2.05) is 57.9 Å². The van der Waals surface area contributed by atoms with E-state index in [0.717, 1.165) is 17.7 Å². The predicted molar refractivity (Wildman–Crippen MR) is 127 cm³/mol. The zero-order valence-corrected chi connectivity index (χ0v) is 19.5. The zero-order valence-electron chi connectivity index (χ0n) is 19.5. The summed E-state index contributed by atoms with van der Waals surface area (Å²) in [5, 5.41) is 18.8. The molecule has 0 spiro atoms. The van der Waals surface area contributed by atoms with Crippen LogP contribution >= 0.6 is 0 Å². The molecule has 2 aromatic heterocycles. The Morgan fingerprint density at radius 3 is 2.76 bits per heavy atom. The minimum atomic E-state index is -1.05. The molecule has 2 unspecified atom stereocenters. The van der Waals surface area contributed by atoms with E-state index in [4.69, 9.17) is 9.47 Å². The van der Waals surface area contributed by atoms with Crippen molar-refractivity contribution in [2.75, 3.05) is 32.4 Å². The number of piperidine rings is 1. The van der Waals surface area contributed by atoms with Crippen molar-refractivity contribution >= 4 is 12.9 Å². The van der Waals surface area contributed by atoms with E-state index in [9.17, 15) is 5.02 Å². The van der Waals surface area contributed by atoms with Gasteiger partial charge in [0.2, 0.25) is 0 Å². The van der Waals surface area contributed by atoms with Crippen molar-refractivity contribution in [1.29, 1.82) is 0 Å². The number of alkyl halides is 1. The third-order valence-corrected chi connectivity index (χ3v) is 6.91. The molecule has 9 nitrogen and oxygen atoms in total. The second kappa shape index (κ2) is 9.32. The molecule has 4 atom stereocenters. The summed E-state index contributed by atoms with van der Waals surface area (Å²) >= 11 is 0. The molecule has 1 aromatic carbocycles. The summed E-state index contributed by atoms with van der Waals surface area (Å²) in [4.78, 5) is 7.83. The first-order chi connectivity index (χ1) is 16.5. The summed E-state index contributed by atoms with van der Waals surface area (Å²) in [7, 11) is 2.80. The molecule has 3 aromatic rings. The second-order valence-electron chi connectivity index (χ2n) is 8.92. The lowest BCUT2D eigenvalue weighted by Gasteiger charge is -2.39. The van der Waals surface area contributed by atoms with Gasteiger partial charge in [-0.25, -0.2) is 9.37 Å². The summed E-state index contributed by atoms with van der Waals surface area (Å²) in [6.07, 6.45) is 4.98. The van der Waals surface area contributed by atoms with E-state index in [1.54, 1.807) is 26.5 Å². The Labute approximate surface area is 198 Å². The summed E-state index contributed by atoms with van der Waals surface area (Å²) in [6, 6.07) is 8.97. The number of imidazole rings is 1. The molecule has 0 radical (unpaired) electrons. The quantitative estimate of drug-likeness (QED) is 0.400. The number of anilines is 1. The van der Waals surface area contributed by atoms with Gasteiger partial charge in [-0.3, -0.25) is 0 Å². The van der Waals surface area contributed by atoms with Gasteiger partial charge in [0, 0.05) is 44.2 Å². The van der Waals surface area contributed by atoms with E-state index >= 15 is 4.39 Å². The molecular formula is C23H28BFN6O3. The third kappa shape index (κ3) is 4.04. The van der Waals surface area contributed by atoms with Crippen LogP contribution in [0.15, 0.2) is 49.1 Å². The number of rotatable bonds is 8. The molecule has 1 saturated heterocycles. The number of aromatic nitrogens is 4. The number of hydrogen-bond donors (Lipinski definition) is 1. The Kier molecular flexibility index (Phi) is 6.24. The van der Waals surface area contributed by atoms with Crippen LogP contribution < -0.4 is 9.64 Å². The zero-order chi connectivity index (χ0) is 23.8. The number of nitrogens with zero attached hydrogens (tertiary/aromatic N) is 6. The Bertz CT molecular complexity index is 1110. The molecule has 0 amide bonds. The Hall–Kier alpha value is -3.02. The van der Waals surface area contributed by atoms with Crippen molar-refractivity contribution in [2.45, 2.75) is 31.5 Å². The van der Waals surface area contributed by atoms with Crippen molar-refractivity contribution in [3.05, 3.63) is 49.1 Å². The summed E-state index contributed by atoms with van der Waals surface area (Å²) in [6.45, 7) is 2.48. The van der Waals surface area contributed by atoms with E-state index in [0.29, 0.717) is 23.8 Å². The van der Waals surface area contributed by atoms with E-state index < -0.39 is 13.2 Å². The lowest BCUT2D eigenvalue weighted by atomic mass is 9.81. The summed E-state index contributed by atoms with van der Waals surface area (Å²) in [5.41, 5.74) is 2.32. The van der Waals surface area contributed by atoms with Crippen molar-refractivity contribution in [3.8, 4) is 22.7 Å². The highest BCUT2D eigenvalue weighted by Crippen LogP contribution is 2.43. The van der Waals surface area contributed by atoms with Gasteiger partial charge in [0.1, 0.15) is 11.9 Å². The van der Waals surface area contributed by atoms with Crippen molar-refractivity contribution in [1.82, 2.24) is 24.6 Å². The standard InChI is InChI=1S/C23H28BFN6O3/c1-24(32)31-12-15-10-19(31)22(25)23(15)29(2)21-7-6-18(27-28-21)17-5-4-16(30-9-8-26-13-30)11-20(17)34-14-33-3/h4-9,11,13,15,19,22-23,32H,10,12,14H2,1-3H3/t15?,19?,22-,23+/m1/s1. The van der Waals surface area contributed by atoms with Gasteiger partial charge in [0.25, 0.3) is 0 Å². The van der Waals surface area contributed by atoms with E-state index in [-0.39, 0.29) is 24.8 Å². The maximum atomic E-state index is 15.2. The first-order valence-corrected chi connectivity index (χ1v) is 11.4. The molecule has 1 N–H and O–H groups in total. The summed E-state index contributed by atoms with van der Waals surface area (Å²) < 4.78 is 28.0. The predicted octanol–water partition coefficient (Wildman–Crippen LogP) is 2.27. The molecule has 34 heavy (non-hydrogen) atoms. The fourth-order valence-corrected chi connectivity index (χ4v) is 5.28. The molecule has 11 heteroatoms. The SMILES string of the molecule is COCOc1cc(-n2ccnc2)ccc1-c1ccc(N(C)[C@H]2C3CC([C@H]2F)N(B(C)O)C3)nn1. The average Bonchev–Trinajstić information content (AvgIpc) is 3.59. The van der Waals surface area contributed by atoms with Crippen molar-refractivity contribution in [3.63, 3.8) is 0 Å². The first-order valence-electron chi connectivity index (χ1n) is 11.4. The van der Waals surface area contributed by atoms with Gasteiger partial charge in [0.15, 0.2) is 12.6 Å². The lowest BCUT2D eigenvalue weighted by Crippen LogP contribution is -2.56. The maximum Gasteiger partial charge on any atom is 0.376 e. The van der Waals surface area contributed by atoms with Crippen molar-refractivity contribution < 1.29 is 18.9 Å². The number of methoxy groups -OCH3 is 1.